The van der Waals surface area contributed by atoms with Gasteiger partial charge in [-0.25, -0.2) is 0 Å². The maximum atomic E-state index is 12.4. The van der Waals surface area contributed by atoms with E-state index in [9.17, 15) is 8.78 Å². The van der Waals surface area contributed by atoms with Gasteiger partial charge in [0.2, 0.25) is 5.82 Å². The third-order valence-corrected chi connectivity index (χ3v) is 3.94. The van der Waals surface area contributed by atoms with Gasteiger partial charge in [0.15, 0.2) is 18.1 Å². The molecule has 3 aromatic rings. The van der Waals surface area contributed by atoms with Crippen LogP contribution in [-0.4, -0.2) is 23.9 Å². The van der Waals surface area contributed by atoms with Crippen molar-refractivity contribution < 1.29 is 27.5 Å². The lowest BCUT2D eigenvalue weighted by molar-refractivity contribution is -0.0512. The summed E-state index contributed by atoms with van der Waals surface area (Å²) in [5.41, 5.74) is 0.535. The molecule has 1 heterocycles. The summed E-state index contributed by atoms with van der Waals surface area (Å²) in [6, 6.07) is 11.9. The first-order chi connectivity index (χ1) is 12.5. The van der Waals surface area contributed by atoms with E-state index in [2.05, 4.69) is 37.5 Å². The number of nitrogens with zero attached hydrogens (tertiary/aromatic N) is 2. The molecule has 3 rings (SSSR count). The Labute approximate surface area is 161 Å². The second kappa shape index (κ2) is 8.30. The van der Waals surface area contributed by atoms with Gasteiger partial charge in [-0.3, -0.25) is 0 Å². The van der Waals surface area contributed by atoms with Crippen LogP contribution in [0.1, 0.15) is 5.89 Å². The summed E-state index contributed by atoms with van der Waals surface area (Å²) < 4.78 is 46.0. The van der Waals surface area contributed by atoms with Crippen molar-refractivity contribution in [3.05, 3.63) is 51.9 Å². The Morgan fingerprint density at radius 3 is 2.73 bits per heavy atom. The summed E-state index contributed by atoms with van der Waals surface area (Å²) in [6.45, 7) is -2.83. The SMILES string of the molecule is COc1cc(-c2noc(COc3cccc(I)c3)n2)ccc1OC(F)F. The minimum Gasteiger partial charge on any atom is -0.493 e. The second-order valence-corrected chi connectivity index (χ2v) is 6.25. The third-order valence-electron chi connectivity index (χ3n) is 3.26. The minimum absolute atomic E-state index is 0.0722. The van der Waals surface area contributed by atoms with E-state index in [1.807, 2.05) is 24.3 Å². The normalized spacial score (nSPS) is 10.8. The van der Waals surface area contributed by atoms with Crippen molar-refractivity contribution in [3.63, 3.8) is 0 Å². The van der Waals surface area contributed by atoms with Crippen LogP contribution in [0.3, 0.4) is 0 Å². The Morgan fingerprint density at radius 1 is 1.15 bits per heavy atom. The Morgan fingerprint density at radius 2 is 2.00 bits per heavy atom. The summed E-state index contributed by atoms with van der Waals surface area (Å²) in [4.78, 5) is 4.23. The summed E-state index contributed by atoms with van der Waals surface area (Å²) in [7, 11) is 1.36. The molecule has 0 amide bonds. The number of rotatable bonds is 7. The zero-order chi connectivity index (χ0) is 18.5. The van der Waals surface area contributed by atoms with Crippen molar-refractivity contribution in [2.45, 2.75) is 13.2 Å². The molecule has 0 aliphatic heterocycles. The summed E-state index contributed by atoms with van der Waals surface area (Å²) >= 11 is 2.19. The van der Waals surface area contributed by atoms with E-state index < -0.39 is 6.61 Å². The molecule has 0 N–H and O–H groups in total. The number of aromatic nitrogens is 2. The minimum atomic E-state index is -2.94. The zero-order valence-electron chi connectivity index (χ0n) is 13.5. The summed E-state index contributed by atoms with van der Waals surface area (Å²) in [5, 5.41) is 3.87. The van der Waals surface area contributed by atoms with Crippen LogP contribution in [0.4, 0.5) is 8.78 Å². The fourth-order valence-electron chi connectivity index (χ4n) is 2.13. The first-order valence-electron chi connectivity index (χ1n) is 7.39. The van der Waals surface area contributed by atoms with E-state index in [4.69, 9.17) is 14.0 Å². The van der Waals surface area contributed by atoms with Gasteiger partial charge in [0, 0.05) is 9.13 Å². The highest BCUT2D eigenvalue weighted by molar-refractivity contribution is 14.1. The van der Waals surface area contributed by atoms with Gasteiger partial charge >= 0.3 is 6.61 Å². The third kappa shape index (κ3) is 4.59. The Kier molecular flexibility index (Phi) is 5.86. The van der Waals surface area contributed by atoms with Crippen LogP contribution in [0.15, 0.2) is 47.0 Å². The van der Waals surface area contributed by atoms with Gasteiger partial charge in [-0.15, -0.1) is 0 Å². The van der Waals surface area contributed by atoms with Gasteiger partial charge in [-0.05, 0) is 59.0 Å². The van der Waals surface area contributed by atoms with E-state index in [1.165, 1.54) is 25.3 Å². The van der Waals surface area contributed by atoms with Crippen LogP contribution in [0, 0.1) is 3.57 Å². The van der Waals surface area contributed by atoms with Crippen LogP contribution in [0.25, 0.3) is 11.4 Å². The molecule has 0 radical (unpaired) electrons. The Balaban J connectivity index is 1.72. The van der Waals surface area contributed by atoms with Crippen molar-refractivity contribution in [3.8, 4) is 28.6 Å². The highest BCUT2D eigenvalue weighted by atomic mass is 127. The second-order valence-electron chi connectivity index (χ2n) is 5.00. The number of benzene rings is 2. The molecular formula is C17H13F2IN2O4. The lowest BCUT2D eigenvalue weighted by atomic mass is 10.2. The fraction of sp³-hybridized carbons (Fsp3) is 0.176. The molecule has 0 fully saturated rings. The van der Waals surface area contributed by atoms with E-state index in [0.29, 0.717) is 11.3 Å². The van der Waals surface area contributed by atoms with Gasteiger partial charge in [-0.1, -0.05) is 11.2 Å². The first kappa shape index (κ1) is 18.4. The Hall–Kier alpha value is -2.43. The van der Waals surface area contributed by atoms with Crippen molar-refractivity contribution in [2.75, 3.05) is 7.11 Å². The predicted octanol–water partition coefficient (Wildman–Crippen LogP) is 4.53. The Bertz CT molecular complexity index is 889. The van der Waals surface area contributed by atoms with Gasteiger partial charge < -0.3 is 18.7 Å². The maximum Gasteiger partial charge on any atom is 0.387 e. The molecule has 0 aliphatic carbocycles. The lowest BCUT2D eigenvalue weighted by Gasteiger charge is -2.10. The van der Waals surface area contributed by atoms with Crippen LogP contribution in [-0.2, 0) is 6.61 Å². The summed E-state index contributed by atoms with van der Waals surface area (Å²) in [6.07, 6.45) is 0. The monoisotopic (exact) mass is 474 g/mol. The fourth-order valence-corrected chi connectivity index (χ4v) is 2.65. The molecule has 0 saturated heterocycles. The highest BCUT2D eigenvalue weighted by Crippen LogP contribution is 2.32. The van der Waals surface area contributed by atoms with Crippen LogP contribution in [0.2, 0.25) is 0 Å². The topological polar surface area (TPSA) is 66.6 Å². The molecule has 0 bridgehead atoms. The molecule has 6 nitrogen and oxygen atoms in total. The summed E-state index contributed by atoms with van der Waals surface area (Å²) in [5.74, 6) is 1.33. The van der Waals surface area contributed by atoms with Crippen molar-refractivity contribution in [1.29, 1.82) is 0 Å². The molecule has 0 saturated carbocycles. The van der Waals surface area contributed by atoms with Gasteiger partial charge in [-0.2, -0.15) is 13.8 Å². The molecule has 0 spiro atoms. The predicted molar refractivity (Wildman–Crippen MR) is 96.4 cm³/mol. The van der Waals surface area contributed by atoms with E-state index in [0.717, 1.165) is 3.57 Å². The molecule has 9 heteroatoms. The van der Waals surface area contributed by atoms with Crippen molar-refractivity contribution in [2.24, 2.45) is 0 Å². The molecule has 0 atom stereocenters. The van der Waals surface area contributed by atoms with Crippen LogP contribution < -0.4 is 14.2 Å². The molecule has 1 aromatic heterocycles. The number of hydrogen-bond acceptors (Lipinski definition) is 6. The van der Waals surface area contributed by atoms with Crippen LogP contribution in [0.5, 0.6) is 17.2 Å². The highest BCUT2D eigenvalue weighted by Gasteiger charge is 2.15. The first-order valence-corrected chi connectivity index (χ1v) is 8.47. The maximum absolute atomic E-state index is 12.4. The number of alkyl halides is 2. The molecule has 0 aliphatic rings. The number of hydrogen-bond donors (Lipinski definition) is 0. The van der Waals surface area contributed by atoms with E-state index >= 15 is 0 Å². The smallest absolute Gasteiger partial charge is 0.387 e. The van der Waals surface area contributed by atoms with Crippen LogP contribution >= 0.6 is 22.6 Å². The average Bonchev–Trinajstić information content (AvgIpc) is 3.09. The molecule has 136 valence electrons. The molecule has 0 unspecified atom stereocenters. The number of methoxy groups -OCH3 is 1. The molecule has 2 aromatic carbocycles. The van der Waals surface area contributed by atoms with E-state index in [1.54, 1.807) is 0 Å². The quantitative estimate of drug-likeness (QED) is 0.469. The van der Waals surface area contributed by atoms with Crippen molar-refractivity contribution in [1.82, 2.24) is 10.1 Å². The number of halogens is 3. The largest absolute Gasteiger partial charge is 0.493 e. The van der Waals surface area contributed by atoms with E-state index in [-0.39, 0.29) is 29.8 Å². The molecular weight excluding hydrogens is 461 g/mol. The van der Waals surface area contributed by atoms with Gasteiger partial charge in [0.05, 0.1) is 7.11 Å². The zero-order valence-corrected chi connectivity index (χ0v) is 15.6. The van der Waals surface area contributed by atoms with Gasteiger partial charge in [0.1, 0.15) is 5.75 Å². The molecule has 26 heavy (non-hydrogen) atoms. The standard InChI is InChI=1S/C17H13F2IN2O4/c1-23-14-7-10(5-6-13(14)25-17(18)19)16-21-15(26-22-16)9-24-12-4-2-3-11(20)8-12/h2-8,17H,9H2,1H3. The number of ether oxygens (including phenoxy) is 3. The van der Waals surface area contributed by atoms with Crippen molar-refractivity contribution >= 4 is 22.6 Å². The lowest BCUT2D eigenvalue weighted by Crippen LogP contribution is -2.03. The average molecular weight is 474 g/mol. The van der Waals surface area contributed by atoms with Gasteiger partial charge in [0.25, 0.3) is 5.89 Å².